The summed E-state index contributed by atoms with van der Waals surface area (Å²) in [5.74, 6) is -1.76. The van der Waals surface area contributed by atoms with Crippen LogP contribution in [0.4, 0.5) is 0 Å². The molecule has 0 amide bonds. The molecule has 11 heteroatoms. The lowest BCUT2D eigenvalue weighted by Gasteiger charge is -2.06. The Morgan fingerprint density at radius 3 is 1.40 bits per heavy atom. The zero-order valence-corrected chi connectivity index (χ0v) is 27.7. The molecule has 2 heterocycles. The minimum Gasteiger partial charge on any atom is -0.481 e. The van der Waals surface area contributed by atoms with Crippen LogP contribution in [0.1, 0.15) is 24.0 Å². The average Bonchev–Trinajstić information content (AvgIpc) is 3.64. The molecule has 1 atom stereocenters. The van der Waals surface area contributed by atoms with Crippen molar-refractivity contribution >= 4 is 55.2 Å². The normalized spacial score (nSPS) is 12.2. The molecule has 7 nitrogen and oxygen atoms in total. The molecule has 2 aromatic heterocycles. The van der Waals surface area contributed by atoms with Gasteiger partial charge in [0, 0.05) is 60.6 Å². The van der Waals surface area contributed by atoms with Gasteiger partial charge in [0.25, 0.3) is 0 Å². The second-order valence-corrected chi connectivity index (χ2v) is 16.1. The number of hydrogen-bond donors (Lipinski definition) is 2. The van der Waals surface area contributed by atoms with Gasteiger partial charge in [0.15, 0.2) is 9.84 Å². The average molecular weight is 679 g/mol. The molecule has 45 heavy (non-hydrogen) atoms. The van der Waals surface area contributed by atoms with Gasteiger partial charge in [0.1, 0.15) is 0 Å². The molecule has 0 fully saturated rings. The summed E-state index contributed by atoms with van der Waals surface area (Å²) in [7, 11) is -4.41. The molecule has 0 spiro atoms. The Balaban J connectivity index is 1.50. The van der Waals surface area contributed by atoms with E-state index < -0.39 is 32.6 Å². The van der Waals surface area contributed by atoms with E-state index in [0.717, 1.165) is 57.8 Å². The van der Waals surface area contributed by atoms with Crippen molar-refractivity contribution in [3.63, 3.8) is 0 Å². The zero-order chi connectivity index (χ0) is 32.3. The Labute approximate surface area is 272 Å². The van der Waals surface area contributed by atoms with Gasteiger partial charge < -0.3 is 10.2 Å². The number of carboxylic acid groups (broad SMARTS) is 2. The first-order valence-corrected chi connectivity index (χ1v) is 19.0. The summed E-state index contributed by atoms with van der Waals surface area (Å²) in [6, 6.07) is 26.2. The predicted molar refractivity (Wildman–Crippen MR) is 181 cm³/mol. The summed E-state index contributed by atoms with van der Waals surface area (Å²) in [5, 5.41) is 18.7. The van der Waals surface area contributed by atoms with E-state index in [0.29, 0.717) is 12.8 Å². The van der Waals surface area contributed by atoms with Crippen LogP contribution in [0.3, 0.4) is 0 Å². The second kappa shape index (κ2) is 13.6. The second-order valence-electron chi connectivity index (χ2n) is 10.6. The van der Waals surface area contributed by atoms with E-state index in [1.807, 2.05) is 60.7 Å². The number of thiophene rings is 2. The summed E-state index contributed by atoms with van der Waals surface area (Å²) in [6.45, 7) is 0. The predicted octanol–water partition coefficient (Wildman–Crippen LogP) is 7.65. The number of carbonyl (C=O) groups is 2. The SMILES string of the molecule is CS(=O)c1ccc(-c2cc(CCC(=O)O)c(-c3ccc(-c4sc(-c5ccc(S(C)(=O)=O)cc5)cc4CCC(=O)O)cc3)s2)cc1. The molecule has 5 rings (SSSR count). The quantitative estimate of drug-likeness (QED) is 0.139. The van der Waals surface area contributed by atoms with E-state index in [4.69, 9.17) is 0 Å². The maximum atomic E-state index is 11.9. The molecule has 0 aliphatic heterocycles. The van der Waals surface area contributed by atoms with Crippen molar-refractivity contribution in [3.8, 4) is 41.8 Å². The molecule has 0 bridgehead atoms. The summed E-state index contributed by atoms with van der Waals surface area (Å²) >= 11 is 3.10. The van der Waals surface area contributed by atoms with Crippen molar-refractivity contribution < 1.29 is 32.4 Å². The molecule has 2 N–H and O–H groups in total. The van der Waals surface area contributed by atoms with Gasteiger partial charge in [-0.25, -0.2) is 8.42 Å². The van der Waals surface area contributed by atoms with Crippen LogP contribution < -0.4 is 0 Å². The maximum Gasteiger partial charge on any atom is 0.303 e. The molecule has 232 valence electrons. The highest BCUT2D eigenvalue weighted by atomic mass is 32.2. The molecule has 0 aliphatic rings. The van der Waals surface area contributed by atoms with Crippen molar-refractivity contribution in [2.24, 2.45) is 0 Å². The highest BCUT2D eigenvalue weighted by Crippen LogP contribution is 2.42. The Morgan fingerprint density at radius 1 is 0.667 bits per heavy atom. The van der Waals surface area contributed by atoms with Crippen LogP contribution in [0.2, 0.25) is 0 Å². The number of sulfone groups is 1. The Kier molecular flexibility index (Phi) is 9.83. The lowest BCUT2D eigenvalue weighted by atomic mass is 10.0. The molecule has 0 saturated carbocycles. The van der Waals surface area contributed by atoms with Gasteiger partial charge in [-0.3, -0.25) is 13.8 Å². The van der Waals surface area contributed by atoms with Crippen LogP contribution in [0.25, 0.3) is 41.8 Å². The van der Waals surface area contributed by atoms with Crippen LogP contribution in [0.5, 0.6) is 0 Å². The van der Waals surface area contributed by atoms with Crippen LogP contribution in [0.15, 0.2) is 94.7 Å². The third-order valence-corrected chi connectivity index (χ3v) is 11.9. The van der Waals surface area contributed by atoms with Crippen molar-refractivity contribution in [3.05, 3.63) is 96.1 Å². The highest BCUT2D eigenvalue weighted by molar-refractivity contribution is 7.90. The number of benzene rings is 3. The highest BCUT2D eigenvalue weighted by Gasteiger charge is 2.17. The molecule has 1 unspecified atom stereocenters. The van der Waals surface area contributed by atoms with Crippen molar-refractivity contribution in [1.29, 1.82) is 0 Å². The fourth-order valence-electron chi connectivity index (χ4n) is 4.94. The minimum absolute atomic E-state index is 0.00505. The summed E-state index contributed by atoms with van der Waals surface area (Å²) < 4.78 is 35.7. The van der Waals surface area contributed by atoms with E-state index in [-0.39, 0.29) is 17.7 Å². The van der Waals surface area contributed by atoms with Crippen LogP contribution in [-0.4, -0.2) is 47.3 Å². The summed E-state index contributed by atoms with van der Waals surface area (Å²) in [5.41, 5.74) is 5.52. The molecule has 5 aromatic rings. The fourth-order valence-corrected chi connectivity index (χ4v) is 8.53. The van der Waals surface area contributed by atoms with Crippen LogP contribution in [0, 0.1) is 0 Å². The minimum atomic E-state index is -3.32. The molecule has 0 aliphatic carbocycles. The van der Waals surface area contributed by atoms with E-state index in [1.165, 1.54) is 17.6 Å². The molecule has 3 aromatic carbocycles. The first-order valence-electron chi connectivity index (χ1n) is 13.9. The summed E-state index contributed by atoms with van der Waals surface area (Å²) in [4.78, 5) is 27.6. The van der Waals surface area contributed by atoms with Gasteiger partial charge in [-0.15, -0.1) is 22.7 Å². The maximum absolute atomic E-state index is 11.9. The topological polar surface area (TPSA) is 126 Å². The molecular formula is C34H30O7S4. The van der Waals surface area contributed by atoms with Gasteiger partial charge in [-0.05, 0) is 82.6 Å². The smallest absolute Gasteiger partial charge is 0.303 e. The largest absolute Gasteiger partial charge is 0.481 e. The van der Waals surface area contributed by atoms with Gasteiger partial charge in [0.2, 0.25) is 0 Å². The van der Waals surface area contributed by atoms with Crippen LogP contribution in [-0.2, 0) is 43.1 Å². The number of rotatable bonds is 12. The summed E-state index contributed by atoms with van der Waals surface area (Å²) in [6.07, 6.45) is 3.52. The van der Waals surface area contributed by atoms with E-state index in [1.54, 1.807) is 41.9 Å². The number of carboxylic acids is 2. The van der Waals surface area contributed by atoms with E-state index >= 15 is 0 Å². The molecular weight excluding hydrogens is 649 g/mol. The van der Waals surface area contributed by atoms with E-state index in [9.17, 15) is 32.4 Å². The Bertz CT molecular complexity index is 1980. The van der Waals surface area contributed by atoms with Gasteiger partial charge in [-0.2, -0.15) is 0 Å². The number of aryl methyl sites for hydroxylation is 2. The van der Waals surface area contributed by atoms with E-state index in [2.05, 4.69) is 0 Å². The van der Waals surface area contributed by atoms with Gasteiger partial charge in [-0.1, -0.05) is 48.5 Å². The first kappa shape index (κ1) is 32.5. The molecule has 0 saturated heterocycles. The molecule has 0 radical (unpaired) electrons. The first-order chi connectivity index (χ1) is 21.4. The van der Waals surface area contributed by atoms with Gasteiger partial charge in [0.05, 0.1) is 4.90 Å². The third kappa shape index (κ3) is 7.85. The lowest BCUT2D eigenvalue weighted by Crippen LogP contribution is -1.97. The van der Waals surface area contributed by atoms with Gasteiger partial charge >= 0.3 is 11.9 Å². The number of aliphatic carboxylic acids is 2. The zero-order valence-electron chi connectivity index (χ0n) is 24.5. The monoisotopic (exact) mass is 678 g/mol. The standard InChI is InChI=1S/C34H30O7S4/c1-44(39)27-13-7-21(8-14-27)29-19-25(11-17-31(35)36)33(42-29)23-3-5-24(6-4-23)34-26(12-18-32(37)38)20-30(43-34)22-9-15-28(16-10-22)45(2,40)41/h3-10,13-16,19-20H,11-12,17-18H2,1-2H3,(H,35,36)(H,37,38). The Morgan fingerprint density at radius 2 is 1.04 bits per heavy atom. The third-order valence-electron chi connectivity index (χ3n) is 7.28. The van der Waals surface area contributed by atoms with Crippen LogP contribution >= 0.6 is 22.7 Å². The number of hydrogen-bond acceptors (Lipinski definition) is 7. The Hall–Kier alpha value is -3.90. The van der Waals surface area contributed by atoms with Crippen molar-refractivity contribution in [1.82, 2.24) is 0 Å². The van der Waals surface area contributed by atoms with Crippen molar-refractivity contribution in [2.45, 2.75) is 35.5 Å². The lowest BCUT2D eigenvalue weighted by molar-refractivity contribution is -0.138. The fraction of sp³-hybridized carbons (Fsp3) is 0.176. The van der Waals surface area contributed by atoms with Crippen molar-refractivity contribution in [2.75, 3.05) is 12.5 Å².